The first-order valence-electron chi connectivity index (χ1n) is 6.33. The van der Waals surface area contributed by atoms with Gasteiger partial charge in [0.05, 0.1) is 6.61 Å². The van der Waals surface area contributed by atoms with Crippen molar-refractivity contribution in [3.63, 3.8) is 0 Å². The van der Waals surface area contributed by atoms with Crippen molar-refractivity contribution < 1.29 is 10.2 Å². The van der Waals surface area contributed by atoms with Gasteiger partial charge in [-0.1, -0.05) is 42.5 Å². The Morgan fingerprint density at radius 3 is 2.16 bits per heavy atom. The lowest BCUT2D eigenvalue weighted by Gasteiger charge is -2.17. The molecule has 19 heavy (non-hydrogen) atoms. The number of hydrogen-bond donors (Lipinski definition) is 2. The van der Waals surface area contributed by atoms with Gasteiger partial charge in [-0.3, -0.25) is 4.90 Å². The third-order valence-corrected chi connectivity index (χ3v) is 3.09. The van der Waals surface area contributed by atoms with E-state index >= 15 is 0 Å². The number of hydrogen-bond acceptors (Lipinski definition) is 3. The fraction of sp³-hybridized carbons (Fsp3) is 0.250. The van der Waals surface area contributed by atoms with Gasteiger partial charge in [0.1, 0.15) is 5.75 Å². The summed E-state index contributed by atoms with van der Waals surface area (Å²) in [4.78, 5) is 2.14. The number of aromatic hydroxyl groups is 1. The van der Waals surface area contributed by atoms with Crippen LogP contribution in [0.1, 0.15) is 16.7 Å². The number of para-hydroxylation sites is 1. The molecular formula is C16H19NO2. The molecule has 0 unspecified atom stereocenters. The summed E-state index contributed by atoms with van der Waals surface area (Å²) >= 11 is 0. The Kier molecular flexibility index (Phi) is 4.55. The van der Waals surface area contributed by atoms with Crippen molar-refractivity contribution in [3.8, 4) is 5.75 Å². The van der Waals surface area contributed by atoms with Gasteiger partial charge in [-0.05, 0) is 24.2 Å². The van der Waals surface area contributed by atoms with E-state index in [2.05, 4.69) is 4.90 Å². The summed E-state index contributed by atoms with van der Waals surface area (Å²) in [6.07, 6.45) is 0. The highest BCUT2D eigenvalue weighted by atomic mass is 16.3. The van der Waals surface area contributed by atoms with Gasteiger partial charge in [-0.2, -0.15) is 0 Å². The summed E-state index contributed by atoms with van der Waals surface area (Å²) in [5.74, 6) is 0.338. The van der Waals surface area contributed by atoms with Crippen LogP contribution >= 0.6 is 0 Å². The van der Waals surface area contributed by atoms with E-state index in [9.17, 15) is 5.11 Å². The van der Waals surface area contributed by atoms with E-state index in [1.165, 1.54) is 5.56 Å². The van der Waals surface area contributed by atoms with Crippen LogP contribution in [0.5, 0.6) is 5.75 Å². The van der Waals surface area contributed by atoms with Crippen LogP contribution in [0.2, 0.25) is 0 Å². The van der Waals surface area contributed by atoms with Crippen LogP contribution in [0.15, 0.2) is 48.5 Å². The second kappa shape index (κ2) is 6.36. The van der Waals surface area contributed by atoms with E-state index in [4.69, 9.17) is 5.11 Å². The molecule has 0 heterocycles. The van der Waals surface area contributed by atoms with Crippen LogP contribution < -0.4 is 0 Å². The molecular weight excluding hydrogens is 238 g/mol. The SMILES string of the molecule is CN(Cc1ccc(CO)cc1)Cc1ccccc1O. The van der Waals surface area contributed by atoms with E-state index in [-0.39, 0.29) is 6.61 Å². The summed E-state index contributed by atoms with van der Waals surface area (Å²) < 4.78 is 0. The minimum atomic E-state index is 0.0774. The Morgan fingerprint density at radius 1 is 0.895 bits per heavy atom. The number of phenols is 1. The molecule has 100 valence electrons. The molecule has 0 saturated carbocycles. The van der Waals surface area contributed by atoms with Gasteiger partial charge in [0, 0.05) is 18.7 Å². The maximum atomic E-state index is 9.74. The largest absolute Gasteiger partial charge is 0.508 e. The van der Waals surface area contributed by atoms with Crippen LogP contribution in [0.25, 0.3) is 0 Å². The smallest absolute Gasteiger partial charge is 0.120 e. The molecule has 0 saturated heterocycles. The fourth-order valence-corrected chi connectivity index (χ4v) is 2.05. The van der Waals surface area contributed by atoms with E-state index in [1.807, 2.05) is 49.5 Å². The third kappa shape index (κ3) is 3.81. The molecule has 3 heteroatoms. The zero-order valence-electron chi connectivity index (χ0n) is 11.1. The molecule has 2 N–H and O–H groups in total. The predicted molar refractivity (Wildman–Crippen MR) is 75.6 cm³/mol. The minimum absolute atomic E-state index is 0.0774. The minimum Gasteiger partial charge on any atom is -0.508 e. The van der Waals surface area contributed by atoms with Crippen LogP contribution in [0, 0.1) is 0 Å². The molecule has 0 aromatic heterocycles. The number of aliphatic hydroxyl groups is 1. The van der Waals surface area contributed by atoms with Gasteiger partial charge < -0.3 is 10.2 Å². The summed E-state index contributed by atoms with van der Waals surface area (Å²) in [6.45, 7) is 1.59. The maximum absolute atomic E-state index is 9.74. The average molecular weight is 257 g/mol. The van der Waals surface area contributed by atoms with Gasteiger partial charge in [0.2, 0.25) is 0 Å². The molecule has 0 aliphatic rings. The lowest BCUT2D eigenvalue weighted by atomic mass is 10.1. The standard InChI is InChI=1S/C16H19NO2/c1-17(11-15-4-2-3-5-16(15)19)10-13-6-8-14(12-18)9-7-13/h2-9,18-19H,10-12H2,1H3. The van der Waals surface area contributed by atoms with Crippen molar-refractivity contribution in [3.05, 3.63) is 65.2 Å². The van der Waals surface area contributed by atoms with Crippen molar-refractivity contribution in [1.29, 1.82) is 0 Å². The highest BCUT2D eigenvalue weighted by molar-refractivity contribution is 5.31. The molecule has 2 aromatic rings. The van der Waals surface area contributed by atoms with Crippen LogP contribution in [0.4, 0.5) is 0 Å². The molecule has 2 rings (SSSR count). The second-order valence-electron chi connectivity index (χ2n) is 4.78. The van der Waals surface area contributed by atoms with Crippen LogP contribution in [-0.2, 0) is 19.7 Å². The number of phenolic OH excluding ortho intramolecular Hbond substituents is 1. The van der Waals surface area contributed by atoms with E-state index in [0.717, 1.165) is 17.7 Å². The molecule has 0 bridgehead atoms. The molecule has 2 aromatic carbocycles. The molecule has 0 aliphatic carbocycles. The van der Waals surface area contributed by atoms with E-state index in [1.54, 1.807) is 6.07 Å². The van der Waals surface area contributed by atoms with Crippen molar-refractivity contribution >= 4 is 0 Å². The molecule has 0 amide bonds. The van der Waals surface area contributed by atoms with Crippen LogP contribution in [0.3, 0.4) is 0 Å². The van der Waals surface area contributed by atoms with Gasteiger partial charge in [-0.15, -0.1) is 0 Å². The maximum Gasteiger partial charge on any atom is 0.120 e. The summed E-state index contributed by atoms with van der Waals surface area (Å²) in [6, 6.07) is 15.3. The summed E-state index contributed by atoms with van der Waals surface area (Å²) in [5.41, 5.74) is 3.04. The highest BCUT2D eigenvalue weighted by Crippen LogP contribution is 2.18. The van der Waals surface area contributed by atoms with E-state index in [0.29, 0.717) is 12.3 Å². The number of nitrogens with zero attached hydrogens (tertiary/aromatic N) is 1. The van der Waals surface area contributed by atoms with Gasteiger partial charge in [-0.25, -0.2) is 0 Å². The zero-order chi connectivity index (χ0) is 13.7. The normalized spacial score (nSPS) is 10.9. The van der Waals surface area contributed by atoms with Gasteiger partial charge in [0.15, 0.2) is 0 Å². The first-order chi connectivity index (χ1) is 9.19. The lowest BCUT2D eigenvalue weighted by Crippen LogP contribution is -2.17. The van der Waals surface area contributed by atoms with E-state index < -0.39 is 0 Å². The molecule has 3 nitrogen and oxygen atoms in total. The Labute approximate surface area is 113 Å². The number of benzene rings is 2. The van der Waals surface area contributed by atoms with Gasteiger partial charge in [0.25, 0.3) is 0 Å². The van der Waals surface area contributed by atoms with Crippen molar-refractivity contribution in [2.75, 3.05) is 7.05 Å². The Balaban J connectivity index is 1.97. The first-order valence-corrected chi connectivity index (χ1v) is 6.33. The quantitative estimate of drug-likeness (QED) is 0.865. The fourth-order valence-electron chi connectivity index (χ4n) is 2.05. The second-order valence-corrected chi connectivity index (χ2v) is 4.78. The summed E-state index contributed by atoms with van der Waals surface area (Å²) in [7, 11) is 2.02. The third-order valence-electron chi connectivity index (χ3n) is 3.09. The zero-order valence-corrected chi connectivity index (χ0v) is 11.1. The first kappa shape index (κ1) is 13.6. The lowest BCUT2D eigenvalue weighted by molar-refractivity contribution is 0.281. The Morgan fingerprint density at radius 2 is 1.53 bits per heavy atom. The molecule has 0 atom stereocenters. The average Bonchev–Trinajstić information content (AvgIpc) is 2.42. The predicted octanol–water partition coefficient (Wildman–Crippen LogP) is 2.52. The molecule has 0 aliphatic heterocycles. The molecule has 0 fully saturated rings. The van der Waals surface area contributed by atoms with Crippen molar-refractivity contribution in [2.24, 2.45) is 0 Å². The Bertz CT molecular complexity index is 523. The van der Waals surface area contributed by atoms with Crippen LogP contribution in [-0.4, -0.2) is 22.2 Å². The molecule has 0 radical (unpaired) electrons. The van der Waals surface area contributed by atoms with Crippen molar-refractivity contribution in [1.82, 2.24) is 4.90 Å². The Hall–Kier alpha value is -1.84. The monoisotopic (exact) mass is 257 g/mol. The summed E-state index contributed by atoms with van der Waals surface area (Å²) in [5, 5.41) is 18.7. The topological polar surface area (TPSA) is 43.7 Å². The number of rotatable bonds is 5. The highest BCUT2D eigenvalue weighted by Gasteiger charge is 2.05. The number of aliphatic hydroxyl groups excluding tert-OH is 1. The van der Waals surface area contributed by atoms with Crippen molar-refractivity contribution in [2.45, 2.75) is 19.7 Å². The molecule has 0 spiro atoms. The van der Waals surface area contributed by atoms with Gasteiger partial charge >= 0.3 is 0 Å².